The number of carbonyl (C=O) groups excluding carboxylic acids is 1. The van der Waals surface area contributed by atoms with Crippen molar-refractivity contribution < 1.29 is 22.5 Å². The molecule has 8 nitrogen and oxygen atoms in total. The zero-order valence-corrected chi connectivity index (χ0v) is 13.4. The number of sulfonamides is 1. The van der Waals surface area contributed by atoms with E-state index in [0.29, 0.717) is 13.1 Å². The zero-order valence-electron chi connectivity index (χ0n) is 12.5. The van der Waals surface area contributed by atoms with Crippen LogP contribution in [-0.2, 0) is 10.0 Å². The Bertz CT molecular complexity index is 678. The van der Waals surface area contributed by atoms with Gasteiger partial charge in [-0.1, -0.05) is 0 Å². The third-order valence-corrected chi connectivity index (χ3v) is 5.14. The van der Waals surface area contributed by atoms with Gasteiger partial charge in [0.15, 0.2) is 0 Å². The van der Waals surface area contributed by atoms with Crippen molar-refractivity contribution in [3.05, 3.63) is 11.8 Å². The van der Waals surface area contributed by atoms with Gasteiger partial charge in [0.25, 0.3) is 11.8 Å². The smallest absolute Gasteiger partial charge is 0.292 e. The zero-order chi connectivity index (χ0) is 16.0. The van der Waals surface area contributed by atoms with Crippen LogP contribution in [0.1, 0.15) is 29.8 Å². The molecule has 0 atom stereocenters. The molecule has 1 aromatic rings. The number of nitrogens with zero attached hydrogens (tertiary/aromatic N) is 2. The molecular formula is C13H19N3O5S. The van der Waals surface area contributed by atoms with E-state index in [1.54, 1.807) is 4.90 Å². The highest BCUT2D eigenvalue weighted by Gasteiger charge is 2.50. The Morgan fingerprint density at radius 3 is 2.86 bits per heavy atom. The molecule has 122 valence electrons. The Kier molecular flexibility index (Phi) is 3.64. The predicted octanol–water partition coefficient (Wildman–Crippen LogP) is 0.227. The summed E-state index contributed by atoms with van der Waals surface area (Å²) in [6.45, 7) is 1.27. The van der Waals surface area contributed by atoms with Crippen LogP contribution in [0.25, 0.3) is 0 Å². The summed E-state index contributed by atoms with van der Waals surface area (Å²) in [5, 5.41) is 3.63. The van der Waals surface area contributed by atoms with E-state index in [-0.39, 0.29) is 29.0 Å². The summed E-state index contributed by atoms with van der Waals surface area (Å²) in [6, 6.07) is 1.46. The number of rotatable bonds is 4. The van der Waals surface area contributed by atoms with Crippen LogP contribution < -0.4 is 9.46 Å². The second-order valence-electron chi connectivity index (χ2n) is 6.21. The van der Waals surface area contributed by atoms with Crippen LogP contribution in [0, 0.1) is 5.41 Å². The first kappa shape index (κ1) is 15.3. The molecule has 1 aromatic heterocycles. The van der Waals surface area contributed by atoms with Gasteiger partial charge in [-0.3, -0.25) is 4.79 Å². The lowest BCUT2D eigenvalue weighted by Crippen LogP contribution is -2.51. The highest BCUT2D eigenvalue weighted by Crippen LogP contribution is 2.48. The van der Waals surface area contributed by atoms with Crippen molar-refractivity contribution in [2.75, 3.05) is 26.5 Å². The summed E-state index contributed by atoms with van der Waals surface area (Å²) in [6.07, 6.45) is 3.58. The number of methoxy groups -OCH3 is 1. The van der Waals surface area contributed by atoms with Crippen molar-refractivity contribution in [3.63, 3.8) is 0 Å². The quantitative estimate of drug-likeness (QED) is 0.848. The summed E-state index contributed by atoms with van der Waals surface area (Å²) in [7, 11) is -1.71. The van der Waals surface area contributed by atoms with Gasteiger partial charge in [-0.05, 0) is 29.8 Å². The van der Waals surface area contributed by atoms with Crippen molar-refractivity contribution in [1.29, 1.82) is 0 Å². The maximum Gasteiger partial charge on any atom is 0.292 e. The van der Waals surface area contributed by atoms with Crippen LogP contribution in [0.3, 0.4) is 0 Å². The normalized spacial score (nSPS) is 27.9. The molecule has 1 saturated carbocycles. The summed E-state index contributed by atoms with van der Waals surface area (Å²) in [5.41, 5.74) is 0.0299. The van der Waals surface area contributed by atoms with Gasteiger partial charge in [0.2, 0.25) is 15.8 Å². The molecular weight excluding hydrogens is 310 g/mol. The molecule has 1 saturated heterocycles. The highest BCUT2D eigenvalue weighted by molar-refractivity contribution is 7.88. The molecule has 22 heavy (non-hydrogen) atoms. The lowest BCUT2D eigenvalue weighted by atomic mass is 9.65. The van der Waals surface area contributed by atoms with Gasteiger partial charge >= 0.3 is 0 Å². The molecule has 3 rings (SSSR count). The molecule has 2 heterocycles. The molecule has 0 unspecified atom stereocenters. The first-order valence-corrected chi connectivity index (χ1v) is 8.97. The van der Waals surface area contributed by atoms with E-state index in [1.165, 1.54) is 19.4 Å². The standard InChI is InChI=1S/C13H19N3O5S/c1-20-11-5-10(21-14-11)12(17)16-4-3-13(8-16)6-9(7-13)15-22(2,18)19/h5,9,15H,3-4,6-8H2,1-2H3. The Morgan fingerprint density at radius 2 is 2.27 bits per heavy atom. The Hall–Kier alpha value is -1.61. The minimum absolute atomic E-state index is 0.0181. The van der Waals surface area contributed by atoms with Gasteiger partial charge in [0.1, 0.15) is 0 Å². The van der Waals surface area contributed by atoms with Crippen LogP contribution in [-0.4, -0.2) is 56.9 Å². The molecule has 1 spiro atoms. The van der Waals surface area contributed by atoms with Crippen molar-refractivity contribution in [2.24, 2.45) is 5.41 Å². The van der Waals surface area contributed by atoms with E-state index >= 15 is 0 Å². The van der Waals surface area contributed by atoms with Crippen LogP contribution in [0.15, 0.2) is 10.6 Å². The number of amides is 1. The number of likely N-dealkylation sites (tertiary alicyclic amines) is 1. The number of aromatic nitrogens is 1. The number of ether oxygens (including phenoxy) is 1. The molecule has 1 N–H and O–H groups in total. The van der Waals surface area contributed by atoms with Gasteiger partial charge in [0.05, 0.1) is 19.4 Å². The minimum Gasteiger partial charge on any atom is -0.479 e. The van der Waals surface area contributed by atoms with Crippen molar-refractivity contribution in [2.45, 2.75) is 25.3 Å². The summed E-state index contributed by atoms with van der Waals surface area (Å²) in [5.74, 6) is 0.240. The highest BCUT2D eigenvalue weighted by atomic mass is 32.2. The van der Waals surface area contributed by atoms with Gasteiger partial charge in [-0.15, -0.1) is 0 Å². The average Bonchev–Trinajstić information content (AvgIpc) is 3.02. The van der Waals surface area contributed by atoms with Crippen molar-refractivity contribution in [3.8, 4) is 5.88 Å². The van der Waals surface area contributed by atoms with E-state index in [9.17, 15) is 13.2 Å². The van der Waals surface area contributed by atoms with E-state index < -0.39 is 10.0 Å². The average molecular weight is 329 g/mol. The molecule has 1 aliphatic carbocycles. The third kappa shape index (κ3) is 2.95. The first-order valence-electron chi connectivity index (χ1n) is 7.08. The summed E-state index contributed by atoms with van der Waals surface area (Å²) >= 11 is 0. The second-order valence-corrected chi connectivity index (χ2v) is 7.99. The maximum atomic E-state index is 12.3. The van der Waals surface area contributed by atoms with Crippen molar-refractivity contribution in [1.82, 2.24) is 14.8 Å². The van der Waals surface area contributed by atoms with Crippen molar-refractivity contribution >= 4 is 15.9 Å². The number of hydrogen-bond donors (Lipinski definition) is 1. The fourth-order valence-corrected chi connectivity index (χ4v) is 4.20. The molecule has 9 heteroatoms. The van der Waals surface area contributed by atoms with Gasteiger partial charge in [-0.25, -0.2) is 13.1 Å². The fourth-order valence-electron chi connectivity index (χ4n) is 3.43. The molecule has 0 bridgehead atoms. The third-order valence-electron chi connectivity index (χ3n) is 4.37. The second kappa shape index (κ2) is 5.24. The van der Waals surface area contributed by atoms with Crippen LogP contribution in [0.5, 0.6) is 5.88 Å². The van der Waals surface area contributed by atoms with Gasteiger partial charge in [0, 0.05) is 19.1 Å². The molecule has 2 fully saturated rings. The lowest BCUT2D eigenvalue weighted by molar-refractivity contribution is 0.0652. The molecule has 0 aromatic carbocycles. The predicted molar refractivity (Wildman–Crippen MR) is 77.0 cm³/mol. The van der Waals surface area contributed by atoms with E-state index in [2.05, 4.69) is 9.88 Å². The number of nitrogens with one attached hydrogen (secondary N) is 1. The topological polar surface area (TPSA) is 102 Å². The molecule has 1 aliphatic heterocycles. The van der Waals surface area contributed by atoms with E-state index in [1.807, 2.05) is 0 Å². The van der Waals surface area contributed by atoms with E-state index in [4.69, 9.17) is 9.26 Å². The number of carbonyl (C=O) groups is 1. The Balaban J connectivity index is 1.58. The molecule has 2 aliphatic rings. The van der Waals surface area contributed by atoms with Crippen LogP contribution in [0.2, 0.25) is 0 Å². The fraction of sp³-hybridized carbons (Fsp3) is 0.692. The van der Waals surface area contributed by atoms with Crippen LogP contribution >= 0.6 is 0 Å². The first-order chi connectivity index (χ1) is 10.3. The number of hydrogen-bond acceptors (Lipinski definition) is 6. The molecule has 1 amide bonds. The Labute approximate surface area is 128 Å². The summed E-state index contributed by atoms with van der Waals surface area (Å²) < 4.78 is 34.9. The maximum absolute atomic E-state index is 12.3. The minimum atomic E-state index is -3.17. The molecule has 0 radical (unpaired) electrons. The largest absolute Gasteiger partial charge is 0.479 e. The van der Waals surface area contributed by atoms with Crippen LogP contribution in [0.4, 0.5) is 0 Å². The Morgan fingerprint density at radius 1 is 1.55 bits per heavy atom. The van der Waals surface area contributed by atoms with Gasteiger partial charge < -0.3 is 14.2 Å². The lowest BCUT2D eigenvalue weighted by Gasteiger charge is -2.44. The monoisotopic (exact) mass is 329 g/mol. The van der Waals surface area contributed by atoms with E-state index in [0.717, 1.165) is 19.3 Å². The summed E-state index contributed by atoms with van der Waals surface area (Å²) in [4.78, 5) is 14.1. The van der Waals surface area contributed by atoms with Gasteiger partial charge in [-0.2, -0.15) is 0 Å². The SMILES string of the molecule is COc1cc(C(=O)N2CCC3(CC(NS(C)(=O)=O)C3)C2)on1.